The second-order valence-electron chi connectivity index (χ2n) is 4.82. The molecular formula is C16H12F5NO. The van der Waals surface area contributed by atoms with Crippen molar-refractivity contribution in [2.75, 3.05) is 0 Å². The summed E-state index contributed by atoms with van der Waals surface area (Å²) in [5.41, 5.74) is -3.79. The molecule has 1 atom stereocenters. The van der Waals surface area contributed by atoms with E-state index in [1.165, 1.54) is 12.1 Å². The molecule has 0 saturated heterocycles. The third-order valence-electron chi connectivity index (χ3n) is 3.27. The summed E-state index contributed by atoms with van der Waals surface area (Å²) in [6.07, 6.45) is -2.40. The summed E-state index contributed by atoms with van der Waals surface area (Å²) in [6, 6.07) is 9.69. The maximum absolute atomic E-state index is 13.9. The highest BCUT2D eigenvalue weighted by molar-refractivity contribution is 5.52. The minimum absolute atomic E-state index is 0.373. The van der Waals surface area contributed by atoms with Crippen LogP contribution in [0.2, 0.25) is 0 Å². The zero-order chi connectivity index (χ0) is 17.1. The second kappa shape index (κ2) is 6.08. The van der Waals surface area contributed by atoms with Gasteiger partial charge in [-0.05, 0) is 29.3 Å². The smallest absolute Gasteiger partial charge is 0.375 e. The number of aliphatic hydroxyl groups is 1. The molecule has 1 unspecified atom stereocenters. The van der Waals surface area contributed by atoms with Gasteiger partial charge >= 0.3 is 12.1 Å². The minimum Gasteiger partial charge on any atom is -0.375 e. The molecule has 122 valence electrons. The van der Waals surface area contributed by atoms with Gasteiger partial charge in [-0.15, -0.1) is 0 Å². The number of halogens is 5. The second-order valence-corrected chi connectivity index (χ2v) is 4.82. The van der Waals surface area contributed by atoms with Crippen molar-refractivity contribution >= 4 is 6.08 Å². The van der Waals surface area contributed by atoms with Crippen molar-refractivity contribution in [2.24, 2.45) is 0 Å². The first-order valence-electron chi connectivity index (χ1n) is 6.50. The Morgan fingerprint density at radius 3 is 1.96 bits per heavy atom. The van der Waals surface area contributed by atoms with Crippen molar-refractivity contribution < 1.29 is 27.1 Å². The molecule has 0 fully saturated rings. The molecular weight excluding hydrogens is 317 g/mol. The van der Waals surface area contributed by atoms with E-state index in [-0.39, 0.29) is 0 Å². The zero-order valence-corrected chi connectivity index (χ0v) is 11.6. The summed E-state index contributed by atoms with van der Waals surface area (Å²) in [7, 11) is 0. The molecule has 1 heterocycles. The molecule has 0 spiro atoms. The van der Waals surface area contributed by atoms with Gasteiger partial charge in [0, 0.05) is 12.4 Å². The van der Waals surface area contributed by atoms with Crippen molar-refractivity contribution in [3.8, 4) is 0 Å². The first kappa shape index (κ1) is 17.1. The van der Waals surface area contributed by atoms with Crippen LogP contribution < -0.4 is 0 Å². The normalized spacial score (nSPS) is 15.6. The number of hydrogen-bond acceptors (Lipinski definition) is 2. The number of aromatic nitrogens is 1. The van der Waals surface area contributed by atoms with Gasteiger partial charge in [-0.2, -0.15) is 22.0 Å². The molecule has 2 aromatic rings. The van der Waals surface area contributed by atoms with E-state index in [0.29, 0.717) is 11.6 Å². The quantitative estimate of drug-likeness (QED) is 0.854. The van der Waals surface area contributed by atoms with Gasteiger partial charge < -0.3 is 5.11 Å². The highest BCUT2D eigenvalue weighted by Crippen LogP contribution is 2.49. The lowest BCUT2D eigenvalue weighted by Crippen LogP contribution is -2.53. The third-order valence-corrected chi connectivity index (χ3v) is 3.27. The van der Waals surface area contributed by atoms with Crippen LogP contribution in [0.5, 0.6) is 0 Å². The van der Waals surface area contributed by atoms with E-state index in [2.05, 4.69) is 4.98 Å². The Morgan fingerprint density at radius 2 is 1.43 bits per heavy atom. The topological polar surface area (TPSA) is 33.1 Å². The maximum Gasteiger partial charge on any atom is 0.457 e. The van der Waals surface area contributed by atoms with Crippen molar-refractivity contribution in [3.05, 3.63) is 72.1 Å². The number of nitrogens with zero attached hydrogens (tertiary/aromatic N) is 1. The lowest BCUT2D eigenvalue weighted by atomic mass is 9.86. The number of benzene rings is 1. The molecule has 0 saturated carbocycles. The summed E-state index contributed by atoms with van der Waals surface area (Å²) < 4.78 is 66.2. The summed E-state index contributed by atoms with van der Waals surface area (Å²) in [6.45, 7) is 0. The standard InChI is InChI=1S/C16H12F5NO/c17-15(18,16(19,20)21)14(23,13-7-10-22-11-8-13)9-6-12-4-2-1-3-5-12/h1-11,23H/b9-6+. The van der Waals surface area contributed by atoms with Gasteiger partial charge in [0.05, 0.1) is 0 Å². The van der Waals surface area contributed by atoms with Crippen LogP contribution in [0.3, 0.4) is 0 Å². The van der Waals surface area contributed by atoms with E-state index in [0.717, 1.165) is 30.6 Å². The first-order chi connectivity index (χ1) is 10.7. The Morgan fingerprint density at radius 1 is 0.870 bits per heavy atom. The Balaban J connectivity index is 2.55. The van der Waals surface area contributed by atoms with Gasteiger partial charge in [-0.1, -0.05) is 36.4 Å². The van der Waals surface area contributed by atoms with Gasteiger partial charge in [-0.25, -0.2) is 0 Å². The van der Waals surface area contributed by atoms with Crippen molar-refractivity contribution in [1.29, 1.82) is 0 Å². The molecule has 0 aliphatic carbocycles. The largest absolute Gasteiger partial charge is 0.457 e. The molecule has 1 aromatic heterocycles. The third kappa shape index (κ3) is 3.24. The number of pyridine rings is 1. The fraction of sp³-hybridized carbons (Fsp3) is 0.188. The molecule has 0 aliphatic rings. The van der Waals surface area contributed by atoms with Crippen molar-refractivity contribution in [3.63, 3.8) is 0 Å². The van der Waals surface area contributed by atoms with Crippen LogP contribution in [0, 0.1) is 0 Å². The van der Waals surface area contributed by atoms with Crippen LogP contribution in [0.1, 0.15) is 11.1 Å². The maximum atomic E-state index is 13.9. The van der Waals surface area contributed by atoms with Crippen LogP contribution in [0.15, 0.2) is 60.9 Å². The van der Waals surface area contributed by atoms with Gasteiger partial charge in [0.1, 0.15) is 0 Å². The first-order valence-corrected chi connectivity index (χ1v) is 6.50. The van der Waals surface area contributed by atoms with Gasteiger partial charge in [0.25, 0.3) is 0 Å². The number of hydrogen-bond donors (Lipinski definition) is 1. The highest BCUT2D eigenvalue weighted by Gasteiger charge is 2.69. The average molecular weight is 329 g/mol. The van der Waals surface area contributed by atoms with Gasteiger partial charge in [-0.3, -0.25) is 4.98 Å². The number of rotatable bonds is 4. The predicted molar refractivity (Wildman–Crippen MR) is 74.6 cm³/mol. The summed E-state index contributed by atoms with van der Waals surface area (Å²) in [5.74, 6) is -5.38. The molecule has 1 N–H and O–H groups in total. The predicted octanol–water partition coefficient (Wildman–Crippen LogP) is 4.18. The van der Waals surface area contributed by atoms with E-state index in [1.807, 2.05) is 0 Å². The average Bonchev–Trinajstić information content (AvgIpc) is 2.53. The van der Waals surface area contributed by atoms with E-state index in [9.17, 15) is 27.1 Å². The van der Waals surface area contributed by atoms with Crippen LogP contribution in [0.25, 0.3) is 6.08 Å². The van der Waals surface area contributed by atoms with E-state index < -0.39 is 23.3 Å². The molecule has 1 aromatic carbocycles. The Kier molecular flexibility index (Phi) is 4.51. The van der Waals surface area contributed by atoms with Crippen LogP contribution in [0.4, 0.5) is 22.0 Å². The van der Waals surface area contributed by atoms with Crippen molar-refractivity contribution in [1.82, 2.24) is 4.98 Å². The summed E-state index contributed by atoms with van der Waals surface area (Å²) in [5, 5.41) is 10.2. The SMILES string of the molecule is OC(/C=C/c1ccccc1)(c1ccncc1)C(F)(F)C(F)(F)F. The van der Waals surface area contributed by atoms with E-state index >= 15 is 0 Å². The monoisotopic (exact) mass is 329 g/mol. The van der Waals surface area contributed by atoms with Crippen LogP contribution >= 0.6 is 0 Å². The molecule has 0 bridgehead atoms. The molecule has 2 rings (SSSR count). The van der Waals surface area contributed by atoms with Crippen LogP contribution in [-0.4, -0.2) is 22.2 Å². The fourth-order valence-electron chi connectivity index (χ4n) is 1.99. The van der Waals surface area contributed by atoms with Crippen LogP contribution in [-0.2, 0) is 5.60 Å². The lowest BCUT2D eigenvalue weighted by molar-refractivity contribution is -0.334. The van der Waals surface area contributed by atoms with E-state index in [4.69, 9.17) is 0 Å². The summed E-state index contributed by atoms with van der Waals surface area (Å²) in [4.78, 5) is 3.56. The summed E-state index contributed by atoms with van der Waals surface area (Å²) >= 11 is 0. The molecule has 2 nitrogen and oxygen atoms in total. The van der Waals surface area contributed by atoms with Gasteiger partial charge in [0.15, 0.2) is 5.60 Å². The highest BCUT2D eigenvalue weighted by atomic mass is 19.4. The molecule has 7 heteroatoms. The van der Waals surface area contributed by atoms with Gasteiger partial charge in [0.2, 0.25) is 0 Å². The molecule has 0 radical (unpaired) electrons. The Bertz CT molecular complexity index is 670. The molecule has 0 aliphatic heterocycles. The zero-order valence-electron chi connectivity index (χ0n) is 11.6. The Hall–Kier alpha value is -2.28. The number of alkyl halides is 5. The fourth-order valence-corrected chi connectivity index (χ4v) is 1.99. The molecule has 23 heavy (non-hydrogen) atoms. The van der Waals surface area contributed by atoms with Crippen molar-refractivity contribution in [2.45, 2.75) is 17.7 Å². The molecule has 0 amide bonds. The van der Waals surface area contributed by atoms with E-state index in [1.54, 1.807) is 18.2 Å². The minimum atomic E-state index is -5.92. The lowest BCUT2D eigenvalue weighted by Gasteiger charge is -2.34. The Labute approximate surface area is 128 Å².